The first kappa shape index (κ1) is 16.6. The van der Waals surface area contributed by atoms with Gasteiger partial charge in [0.25, 0.3) is 0 Å². The molecule has 1 N–H and O–H groups in total. The standard InChI is InChI=1S/C19H24N2O3/c1-12(20-13(2)22)19-11-18(21-24-19)16-9-15(10-16)8-14-4-6-17(23-3)7-5-14/h4-7,11-12,15-16H,8-10H2,1-3H3,(H,20,22)/t12-,15?,16?/m0/s1. The van der Waals surface area contributed by atoms with Gasteiger partial charge in [0.15, 0.2) is 5.76 Å². The van der Waals surface area contributed by atoms with Gasteiger partial charge >= 0.3 is 0 Å². The van der Waals surface area contributed by atoms with Crippen molar-refractivity contribution in [2.24, 2.45) is 5.92 Å². The van der Waals surface area contributed by atoms with Crippen LogP contribution >= 0.6 is 0 Å². The Morgan fingerprint density at radius 2 is 2.08 bits per heavy atom. The summed E-state index contributed by atoms with van der Waals surface area (Å²) in [6.07, 6.45) is 3.35. The van der Waals surface area contributed by atoms with Crippen LogP contribution in [0, 0.1) is 5.92 Å². The molecule has 0 bridgehead atoms. The zero-order valence-corrected chi connectivity index (χ0v) is 14.4. The van der Waals surface area contributed by atoms with Crippen molar-refractivity contribution in [3.63, 3.8) is 0 Å². The van der Waals surface area contributed by atoms with E-state index in [2.05, 4.69) is 22.6 Å². The Bertz CT molecular complexity index is 687. The number of nitrogens with one attached hydrogen (secondary N) is 1. The number of aromatic nitrogens is 1. The lowest BCUT2D eigenvalue weighted by atomic mass is 9.70. The van der Waals surface area contributed by atoms with Crippen LogP contribution in [0.1, 0.15) is 55.7 Å². The third-order valence-electron chi connectivity index (χ3n) is 4.73. The molecular weight excluding hydrogens is 304 g/mol. The third kappa shape index (κ3) is 3.78. The summed E-state index contributed by atoms with van der Waals surface area (Å²) in [6, 6.07) is 10.1. The van der Waals surface area contributed by atoms with Crippen LogP contribution in [0.3, 0.4) is 0 Å². The highest BCUT2D eigenvalue weighted by Crippen LogP contribution is 2.43. The van der Waals surface area contributed by atoms with Gasteiger partial charge in [-0.1, -0.05) is 17.3 Å². The minimum atomic E-state index is -0.140. The van der Waals surface area contributed by atoms with Crippen molar-refractivity contribution in [2.45, 2.75) is 45.1 Å². The summed E-state index contributed by atoms with van der Waals surface area (Å²) in [6.45, 7) is 3.41. The maximum absolute atomic E-state index is 11.1. The highest BCUT2D eigenvalue weighted by atomic mass is 16.5. The minimum Gasteiger partial charge on any atom is -0.497 e. The molecule has 0 unspecified atom stereocenters. The number of methoxy groups -OCH3 is 1. The maximum atomic E-state index is 11.1. The van der Waals surface area contributed by atoms with Crippen molar-refractivity contribution in [2.75, 3.05) is 7.11 Å². The first-order chi connectivity index (χ1) is 11.5. The average Bonchev–Trinajstić information content (AvgIpc) is 3.00. The van der Waals surface area contributed by atoms with Gasteiger partial charge in [0, 0.05) is 18.9 Å². The smallest absolute Gasteiger partial charge is 0.217 e. The molecule has 1 aromatic heterocycles. The Morgan fingerprint density at radius 1 is 1.38 bits per heavy atom. The normalized spacial score (nSPS) is 21.0. The molecule has 1 aliphatic rings. The summed E-state index contributed by atoms with van der Waals surface area (Å²) in [5, 5.41) is 7.00. The number of amides is 1. The van der Waals surface area contributed by atoms with Crippen LogP contribution in [0.2, 0.25) is 0 Å². The van der Waals surface area contributed by atoms with Crippen LogP contribution < -0.4 is 10.1 Å². The molecule has 5 heteroatoms. The van der Waals surface area contributed by atoms with Crippen LogP contribution in [0.5, 0.6) is 5.75 Å². The summed E-state index contributed by atoms with van der Waals surface area (Å²) in [5.74, 6) is 2.71. The molecule has 2 aromatic rings. The topological polar surface area (TPSA) is 64.4 Å². The third-order valence-corrected chi connectivity index (χ3v) is 4.73. The van der Waals surface area contributed by atoms with Gasteiger partial charge in [-0.05, 0) is 49.8 Å². The highest BCUT2D eigenvalue weighted by molar-refractivity contribution is 5.73. The zero-order valence-electron chi connectivity index (χ0n) is 14.4. The van der Waals surface area contributed by atoms with E-state index in [1.54, 1.807) is 7.11 Å². The first-order valence-corrected chi connectivity index (χ1v) is 8.41. The Balaban J connectivity index is 1.51. The molecule has 24 heavy (non-hydrogen) atoms. The molecule has 1 heterocycles. The highest BCUT2D eigenvalue weighted by Gasteiger charge is 2.32. The lowest BCUT2D eigenvalue weighted by Gasteiger charge is -2.34. The number of hydrogen-bond acceptors (Lipinski definition) is 4. The number of nitrogens with zero attached hydrogens (tertiary/aromatic N) is 1. The van der Waals surface area contributed by atoms with Gasteiger partial charge in [0.05, 0.1) is 18.8 Å². The average molecular weight is 328 g/mol. The molecule has 1 aromatic carbocycles. The molecule has 0 radical (unpaired) electrons. The van der Waals surface area contributed by atoms with E-state index >= 15 is 0 Å². The van der Waals surface area contributed by atoms with Crippen LogP contribution in [-0.2, 0) is 11.2 Å². The molecule has 0 spiro atoms. The van der Waals surface area contributed by atoms with Crippen molar-refractivity contribution in [1.29, 1.82) is 0 Å². The van der Waals surface area contributed by atoms with E-state index in [1.165, 1.54) is 12.5 Å². The van der Waals surface area contributed by atoms with E-state index in [0.29, 0.717) is 11.8 Å². The molecule has 128 valence electrons. The van der Waals surface area contributed by atoms with E-state index in [1.807, 2.05) is 25.1 Å². The molecule has 1 amide bonds. The summed E-state index contributed by atoms with van der Waals surface area (Å²) >= 11 is 0. The zero-order chi connectivity index (χ0) is 17.1. The van der Waals surface area contributed by atoms with Crippen LogP contribution in [0.4, 0.5) is 0 Å². The predicted octanol–water partition coefficient (Wildman–Crippen LogP) is 3.62. The van der Waals surface area contributed by atoms with Crippen molar-refractivity contribution in [3.8, 4) is 5.75 Å². The van der Waals surface area contributed by atoms with Gasteiger partial charge < -0.3 is 14.6 Å². The summed E-state index contributed by atoms with van der Waals surface area (Å²) in [4.78, 5) is 11.1. The number of carbonyl (C=O) groups is 1. The predicted molar refractivity (Wildman–Crippen MR) is 90.9 cm³/mol. The molecule has 1 saturated carbocycles. The van der Waals surface area contributed by atoms with Crippen molar-refractivity contribution in [1.82, 2.24) is 10.5 Å². The number of hydrogen-bond donors (Lipinski definition) is 1. The summed E-state index contributed by atoms with van der Waals surface area (Å²) < 4.78 is 10.6. The second kappa shape index (κ2) is 7.07. The second-order valence-electron chi connectivity index (χ2n) is 6.66. The number of rotatable bonds is 6. The summed E-state index contributed by atoms with van der Waals surface area (Å²) in [7, 11) is 1.69. The lowest BCUT2D eigenvalue weighted by molar-refractivity contribution is -0.119. The SMILES string of the molecule is COc1ccc(CC2CC(c3cc([C@H](C)NC(C)=O)on3)C2)cc1. The van der Waals surface area contributed by atoms with Gasteiger partial charge in [0.2, 0.25) is 5.91 Å². The van der Waals surface area contributed by atoms with Crippen molar-refractivity contribution >= 4 is 5.91 Å². The molecule has 1 fully saturated rings. The van der Waals surface area contributed by atoms with Gasteiger partial charge in [-0.25, -0.2) is 0 Å². The van der Waals surface area contributed by atoms with Crippen molar-refractivity contribution < 1.29 is 14.1 Å². The number of ether oxygens (including phenoxy) is 1. The molecule has 5 nitrogen and oxygen atoms in total. The monoisotopic (exact) mass is 328 g/mol. The van der Waals surface area contributed by atoms with Crippen LogP contribution in [0.25, 0.3) is 0 Å². The number of benzene rings is 1. The Hall–Kier alpha value is -2.30. The molecular formula is C19H24N2O3. The molecule has 0 aliphatic heterocycles. The fourth-order valence-corrected chi connectivity index (χ4v) is 3.32. The number of carbonyl (C=O) groups excluding carboxylic acids is 1. The quantitative estimate of drug-likeness (QED) is 0.879. The van der Waals surface area contributed by atoms with Gasteiger partial charge in [-0.15, -0.1) is 0 Å². The van der Waals surface area contributed by atoms with Gasteiger partial charge in [0.1, 0.15) is 5.75 Å². The Labute approximate surface area is 142 Å². The Kier molecular flexibility index (Phi) is 4.88. The second-order valence-corrected chi connectivity index (χ2v) is 6.66. The Morgan fingerprint density at radius 3 is 2.71 bits per heavy atom. The molecule has 1 aliphatic carbocycles. The fourth-order valence-electron chi connectivity index (χ4n) is 3.32. The van der Waals surface area contributed by atoms with Crippen LogP contribution in [-0.4, -0.2) is 18.2 Å². The van der Waals surface area contributed by atoms with E-state index in [9.17, 15) is 4.79 Å². The molecule has 1 atom stereocenters. The lowest BCUT2D eigenvalue weighted by Crippen LogP contribution is -2.24. The minimum absolute atomic E-state index is 0.0661. The van der Waals surface area contributed by atoms with Gasteiger partial charge in [-0.2, -0.15) is 0 Å². The van der Waals surface area contributed by atoms with E-state index in [4.69, 9.17) is 9.26 Å². The first-order valence-electron chi connectivity index (χ1n) is 8.41. The molecule has 0 saturated heterocycles. The van der Waals surface area contributed by atoms with E-state index in [0.717, 1.165) is 36.5 Å². The largest absolute Gasteiger partial charge is 0.497 e. The van der Waals surface area contributed by atoms with E-state index in [-0.39, 0.29) is 11.9 Å². The van der Waals surface area contributed by atoms with Gasteiger partial charge in [-0.3, -0.25) is 4.79 Å². The van der Waals surface area contributed by atoms with Crippen LogP contribution in [0.15, 0.2) is 34.9 Å². The maximum Gasteiger partial charge on any atom is 0.217 e. The fraction of sp³-hybridized carbons (Fsp3) is 0.474. The molecule has 3 rings (SSSR count). The summed E-state index contributed by atoms with van der Waals surface area (Å²) in [5.41, 5.74) is 2.35. The van der Waals surface area contributed by atoms with E-state index < -0.39 is 0 Å². The van der Waals surface area contributed by atoms with Crippen molar-refractivity contribution in [3.05, 3.63) is 47.3 Å².